The van der Waals surface area contributed by atoms with Crippen LogP contribution in [0.1, 0.15) is 0 Å². The average Bonchev–Trinajstić information content (AvgIpc) is 2.10. The van der Waals surface area contributed by atoms with Crippen LogP contribution in [0.4, 0.5) is 8.78 Å². The molecular weight excluding hydrogens is 317 g/mol. The summed E-state index contributed by atoms with van der Waals surface area (Å²) >= 11 is 13.0. The fraction of sp³-hybridized carbons (Fsp3) is 0.250. The van der Waals surface area contributed by atoms with Crippen molar-refractivity contribution in [2.24, 2.45) is 0 Å². The van der Waals surface area contributed by atoms with Crippen LogP contribution in [0.2, 0.25) is 0 Å². The molecule has 1 aromatic rings. The quantitative estimate of drug-likeness (QED) is 0.855. The van der Waals surface area contributed by atoms with Crippen molar-refractivity contribution < 1.29 is 18.6 Å². The molecule has 0 heterocycles. The van der Waals surface area contributed by atoms with Crippen molar-refractivity contribution in [2.75, 3.05) is 0 Å². The van der Waals surface area contributed by atoms with Gasteiger partial charge in [-0.15, -0.1) is 0 Å². The van der Waals surface area contributed by atoms with Crippen molar-refractivity contribution in [1.82, 2.24) is 0 Å². The van der Waals surface area contributed by atoms with Crippen LogP contribution >= 0.6 is 39.1 Å². The minimum atomic E-state index is -3.70. The van der Waals surface area contributed by atoms with Gasteiger partial charge in [-0.1, -0.05) is 23.2 Å². The molecule has 0 amide bonds. The van der Waals surface area contributed by atoms with Gasteiger partial charge < -0.3 is 9.84 Å². The first-order valence-corrected chi connectivity index (χ1v) is 5.33. The SMILES string of the molecule is Oc1cc(OC(F)(F)C(Cl)Cl)ccc1Br. The number of hydrogen-bond acceptors (Lipinski definition) is 2. The molecule has 0 atom stereocenters. The second kappa shape index (κ2) is 4.72. The lowest BCUT2D eigenvalue weighted by molar-refractivity contribution is -0.163. The maximum absolute atomic E-state index is 12.9. The minimum absolute atomic E-state index is 0.219. The third kappa shape index (κ3) is 3.36. The summed E-state index contributed by atoms with van der Waals surface area (Å²) in [5.74, 6) is -0.448. The molecule has 1 rings (SSSR count). The van der Waals surface area contributed by atoms with Crippen LogP contribution in [0, 0.1) is 0 Å². The average molecular weight is 322 g/mol. The van der Waals surface area contributed by atoms with Gasteiger partial charge in [-0.3, -0.25) is 0 Å². The van der Waals surface area contributed by atoms with E-state index >= 15 is 0 Å². The minimum Gasteiger partial charge on any atom is -0.507 e. The maximum atomic E-state index is 12.9. The predicted octanol–water partition coefficient (Wildman–Crippen LogP) is 3.93. The molecule has 0 saturated heterocycles. The molecule has 7 heteroatoms. The zero-order chi connectivity index (χ0) is 11.6. The third-order valence-electron chi connectivity index (χ3n) is 1.43. The van der Waals surface area contributed by atoms with E-state index in [0.717, 1.165) is 6.07 Å². The Hall–Kier alpha value is -0.260. The van der Waals surface area contributed by atoms with Crippen LogP contribution in [-0.2, 0) is 0 Å². The first-order valence-electron chi connectivity index (χ1n) is 3.66. The first-order chi connectivity index (χ1) is 6.83. The summed E-state index contributed by atoms with van der Waals surface area (Å²) in [7, 11) is 0. The Morgan fingerprint density at radius 3 is 2.47 bits per heavy atom. The van der Waals surface area contributed by atoms with E-state index in [4.69, 9.17) is 23.2 Å². The molecule has 0 radical (unpaired) electrons. The molecule has 0 unspecified atom stereocenters. The number of alkyl halides is 4. The standard InChI is InChI=1S/C8H5BrCl2F2O2/c9-5-2-1-4(3-6(5)14)15-8(12,13)7(10)11/h1-3,7,14H. The Kier molecular flexibility index (Phi) is 4.03. The summed E-state index contributed by atoms with van der Waals surface area (Å²) in [6.07, 6.45) is -3.70. The van der Waals surface area contributed by atoms with Gasteiger partial charge in [0, 0.05) is 6.07 Å². The smallest absolute Gasteiger partial charge is 0.428 e. The summed E-state index contributed by atoms with van der Waals surface area (Å²) in [6.45, 7) is 0. The molecule has 1 N–H and O–H groups in total. The van der Waals surface area contributed by atoms with E-state index in [2.05, 4.69) is 20.7 Å². The third-order valence-corrected chi connectivity index (χ3v) is 2.60. The van der Waals surface area contributed by atoms with Crippen LogP contribution in [0.3, 0.4) is 0 Å². The number of rotatable bonds is 3. The van der Waals surface area contributed by atoms with E-state index in [0.29, 0.717) is 4.47 Å². The summed E-state index contributed by atoms with van der Waals surface area (Å²) in [5.41, 5.74) is 0. The van der Waals surface area contributed by atoms with Crippen LogP contribution < -0.4 is 4.74 Å². The molecule has 0 aliphatic rings. The Morgan fingerprint density at radius 2 is 2.00 bits per heavy atom. The van der Waals surface area contributed by atoms with Gasteiger partial charge in [0.25, 0.3) is 0 Å². The number of hydrogen-bond donors (Lipinski definition) is 1. The van der Waals surface area contributed by atoms with E-state index in [9.17, 15) is 13.9 Å². The lowest BCUT2D eigenvalue weighted by Gasteiger charge is -2.18. The largest absolute Gasteiger partial charge is 0.507 e. The summed E-state index contributed by atoms with van der Waals surface area (Å²) in [5, 5.41) is 9.20. The predicted molar refractivity (Wildman–Crippen MR) is 56.9 cm³/mol. The van der Waals surface area contributed by atoms with Gasteiger partial charge in [-0.2, -0.15) is 8.78 Å². The van der Waals surface area contributed by atoms with E-state index < -0.39 is 10.9 Å². The number of phenols is 1. The highest BCUT2D eigenvalue weighted by molar-refractivity contribution is 9.10. The van der Waals surface area contributed by atoms with Gasteiger partial charge in [-0.25, -0.2) is 0 Å². The molecule has 0 aromatic heterocycles. The molecule has 2 nitrogen and oxygen atoms in total. The van der Waals surface area contributed by atoms with Gasteiger partial charge >= 0.3 is 6.11 Å². The lowest BCUT2D eigenvalue weighted by Crippen LogP contribution is -2.32. The molecule has 0 aliphatic carbocycles. The van der Waals surface area contributed by atoms with Gasteiger partial charge in [0.15, 0.2) is 0 Å². The number of benzene rings is 1. The van der Waals surface area contributed by atoms with Crippen molar-refractivity contribution in [1.29, 1.82) is 0 Å². The molecule has 15 heavy (non-hydrogen) atoms. The Morgan fingerprint density at radius 1 is 1.40 bits per heavy atom. The van der Waals surface area contributed by atoms with Crippen molar-refractivity contribution in [3.05, 3.63) is 22.7 Å². The van der Waals surface area contributed by atoms with Crippen LogP contribution in [0.5, 0.6) is 11.5 Å². The number of halogens is 5. The molecule has 0 saturated carbocycles. The first kappa shape index (κ1) is 12.8. The molecule has 0 fully saturated rings. The fourth-order valence-corrected chi connectivity index (χ4v) is 1.09. The normalized spacial score (nSPS) is 11.9. The maximum Gasteiger partial charge on any atom is 0.428 e. The highest BCUT2D eigenvalue weighted by Gasteiger charge is 2.40. The Labute approximate surface area is 103 Å². The summed E-state index contributed by atoms with van der Waals surface area (Å²) < 4.78 is 30.4. The van der Waals surface area contributed by atoms with Crippen molar-refractivity contribution >= 4 is 39.1 Å². The van der Waals surface area contributed by atoms with Gasteiger partial charge in [0.1, 0.15) is 11.5 Å². The van der Waals surface area contributed by atoms with Crippen LogP contribution in [0.15, 0.2) is 22.7 Å². The number of ether oxygens (including phenoxy) is 1. The molecular formula is C8H5BrCl2F2O2. The van der Waals surface area contributed by atoms with Crippen LogP contribution in [0.25, 0.3) is 0 Å². The van der Waals surface area contributed by atoms with Crippen LogP contribution in [-0.4, -0.2) is 16.1 Å². The number of aromatic hydroxyl groups is 1. The molecule has 0 bridgehead atoms. The topological polar surface area (TPSA) is 29.5 Å². The van der Waals surface area contributed by atoms with Gasteiger partial charge in [0.2, 0.25) is 4.84 Å². The van der Waals surface area contributed by atoms with Gasteiger partial charge in [0.05, 0.1) is 4.47 Å². The van der Waals surface area contributed by atoms with Gasteiger partial charge in [-0.05, 0) is 28.1 Å². The highest BCUT2D eigenvalue weighted by atomic mass is 79.9. The summed E-state index contributed by atoms with van der Waals surface area (Å²) in [6, 6.07) is 3.63. The van der Waals surface area contributed by atoms with Crippen molar-refractivity contribution in [3.8, 4) is 11.5 Å². The molecule has 0 spiro atoms. The second-order valence-corrected chi connectivity index (χ2v) is 4.53. The van der Waals surface area contributed by atoms with E-state index in [-0.39, 0.29) is 11.5 Å². The van der Waals surface area contributed by atoms with E-state index in [1.807, 2.05) is 0 Å². The second-order valence-electron chi connectivity index (χ2n) is 2.58. The fourth-order valence-electron chi connectivity index (χ4n) is 0.758. The highest BCUT2D eigenvalue weighted by Crippen LogP contribution is 2.33. The van der Waals surface area contributed by atoms with E-state index in [1.54, 1.807) is 0 Å². The molecule has 1 aromatic carbocycles. The Balaban J connectivity index is 2.86. The monoisotopic (exact) mass is 320 g/mol. The van der Waals surface area contributed by atoms with Crippen molar-refractivity contribution in [3.63, 3.8) is 0 Å². The van der Waals surface area contributed by atoms with Crippen molar-refractivity contribution in [2.45, 2.75) is 10.9 Å². The zero-order valence-electron chi connectivity index (χ0n) is 7.05. The Bertz CT molecular complexity index is 360. The number of phenolic OH excluding ortho intramolecular Hbond substituents is 1. The van der Waals surface area contributed by atoms with E-state index in [1.165, 1.54) is 12.1 Å². The summed E-state index contributed by atoms with van der Waals surface area (Å²) in [4.78, 5) is -1.98. The molecule has 0 aliphatic heterocycles. The molecule has 84 valence electrons. The zero-order valence-corrected chi connectivity index (χ0v) is 10.2. The lowest BCUT2D eigenvalue weighted by atomic mass is 10.3.